The van der Waals surface area contributed by atoms with Crippen molar-refractivity contribution in [3.05, 3.63) is 0 Å². The summed E-state index contributed by atoms with van der Waals surface area (Å²) in [4.78, 5) is 0. The third kappa shape index (κ3) is 19.7. The summed E-state index contributed by atoms with van der Waals surface area (Å²) in [6, 6.07) is 0. The van der Waals surface area contributed by atoms with Crippen LogP contribution in [0.3, 0.4) is 0 Å². The minimum absolute atomic E-state index is 0. The van der Waals surface area contributed by atoms with E-state index in [0.29, 0.717) is 0 Å². The van der Waals surface area contributed by atoms with Gasteiger partial charge in [-0.2, -0.15) is 9.90 Å². The van der Waals surface area contributed by atoms with E-state index in [1.165, 1.54) is 37.0 Å². The van der Waals surface area contributed by atoms with Crippen molar-refractivity contribution in [1.29, 1.82) is 0 Å². The molecule has 0 amide bonds. The van der Waals surface area contributed by atoms with E-state index in [0.717, 1.165) is 52.9 Å². The van der Waals surface area contributed by atoms with Gasteiger partial charge in [-0.05, 0) is 64.7 Å². The van der Waals surface area contributed by atoms with Gasteiger partial charge in [0.25, 0.3) is 0 Å². The second-order valence-corrected chi connectivity index (χ2v) is 10.8. The van der Waals surface area contributed by atoms with E-state index in [1.807, 2.05) is 0 Å². The molecule has 0 fully saturated rings. The van der Waals surface area contributed by atoms with Gasteiger partial charge >= 0.3 is 0 Å². The molecule has 4 nitrogen and oxygen atoms in total. The van der Waals surface area contributed by atoms with Crippen molar-refractivity contribution in [2.75, 3.05) is 89.8 Å². The van der Waals surface area contributed by atoms with Crippen molar-refractivity contribution in [3.8, 4) is 0 Å². The zero-order chi connectivity index (χ0) is 17.9. The molecule has 0 rings (SSSR count). The predicted octanol–water partition coefficient (Wildman–Crippen LogP) is 4.15. The van der Waals surface area contributed by atoms with Crippen molar-refractivity contribution < 1.29 is 18.9 Å². The maximum Gasteiger partial charge on any atom is 0.0505 e. The highest BCUT2D eigenvalue weighted by Gasteiger charge is 2.13. The zero-order valence-electron chi connectivity index (χ0n) is 17.1. The highest BCUT2D eigenvalue weighted by atomic mass is 31.1. The SMILES string of the molecule is CCOCCP(CCOCC)CCP(CCOCC)CCOCC.P. The first kappa shape index (κ1) is 28.3. The molecule has 1 unspecified atom stereocenters. The molecule has 0 N–H and O–H groups in total. The lowest BCUT2D eigenvalue weighted by atomic mass is 10.8. The van der Waals surface area contributed by atoms with E-state index in [9.17, 15) is 0 Å². The minimum atomic E-state index is 0. The van der Waals surface area contributed by atoms with E-state index in [-0.39, 0.29) is 25.7 Å². The molecule has 0 bridgehead atoms. The topological polar surface area (TPSA) is 36.9 Å². The smallest absolute Gasteiger partial charge is 0.0505 e. The standard InChI is InChI=1S/C18H40O4P2.H3P/c1-5-19-9-13-23(14-10-20-6-2)17-18-24(15-11-21-7-3)16-12-22-8-4;/h5-18H2,1-4H3;1H3. The number of hydrogen-bond donors (Lipinski definition) is 0. The quantitative estimate of drug-likeness (QED) is 0.234. The summed E-state index contributed by atoms with van der Waals surface area (Å²) >= 11 is 0. The third-order valence-electron chi connectivity index (χ3n) is 3.76. The normalized spacial score (nSPS) is 11.3. The summed E-state index contributed by atoms with van der Waals surface area (Å²) in [6.07, 6.45) is 7.57. The van der Waals surface area contributed by atoms with Crippen molar-refractivity contribution >= 4 is 25.7 Å². The average Bonchev–Trinajstić information content (AvgIpc) is 2.59. The molecule has 7 heteroatoms. The molecule has 25 heavy (non-hydrogen) atoms. The number of ether oxygens (including phenoxy) is 4. The Bertz CT molecular complexity index is 204. The average molecular weight is 416 g/mol. The van der Waals surface area contributed by atoms with Gasteiger partial charge in [-0.3, -0.25) is 0 Å². The summed E-state index contributed by atoms with van der Waals surface area (Å²) in [5.74, 6) is 0. The molecule has 1 atom stereocenters. The van der Waals surface area contributed by atoms with Crippen LogP contribution in [0.15, 0.2) is 0 Å². The molecular weight excluding hydrogens is 373 g/mol. The maximum absolute atomic E-state index is 5.58. The van der Waals surface area contributed by atoms with Crippen LogP contribution in [0.2, 0.25) is 0 Å². The van der Waals surface area contributed by atoms with Crippen molar-refractivity contribution in [1.82, 2.24) is 0 Å². The fraction of sp³-hybridized carbons (Fsp3) is 1.00. The van der Waals surface area contributed by atoms with E-state index >= 15 is 0 Å². The van der Waals surface area contributed by atoms with Crippen molar-refractivity contribution in [2.24, 2.45) is 0 Å². The van der Waals surface area contributed by atoms with Gasteiger partial charge in [0.05, 0.1) is 26.4 Å². The zero-order valence-corrected chi connectivity index (χ0v) is 20.3. The first-order valence-corrected chi connectivity index (χ1v) is 13.3. The van der Waals surface area contributed by atoms with Crippen molar-refractivity contribution in [2.45, 2.75) is 27.7 Å². The Balaban J connectivity index is 0. The molecule has 0 aliphatic heterocycles. The summed E-state index contributed by atoms with van der Waals surface area (Å²) in [7, 11) is 0.0619. The second-order valence-electron chi connectivity index (χ2n) is 5.47. The van der Waals surface area contributed by atoms with Crippen LogP contribution in [-0.4, -0.2) is 89.8 Å². The minimum Gasteiger partial charge on any atom is -0.381 e. The molecule has 0 aromatic heterocycles. The first-order valence-electron chi connectivity index (χ1n) is 9.54. The Hall–Kier alpha value is 1.13. The Morgan fingerprint density at radius 1 is 0.440 bits per heavy atom. The van der Waals surface area contributed by atoms with Crippen LogP contribution in [0.5, 0.6) is 0 Å². The lowest BCUT2D eigenvalue weighted by molar-refractivity contribution is 0.160. The molecule has 0 saturated heterocycles. The fourth-order valence-electron chi connectivity index (χ4n) is 2.31. The van der Waals surface area contributed by atoms with Crippen LogP contribution in [0, 0.1) is 0 Å². The summed E-state index contributed by atoms with van der Waals surface area (Å²) in [6.45, 7) is 15.2. The lowest BCUT2D eigenvalue weighted by Gasteiger charge is -2.22. The largest absolute Gasteiger partial charge is 0.381 e. The molecule has 154 valence electrons. The highest BCUT2D eigenvalue weighted by molar-refractivity contribution is 7.61. The summed E-state index contributed by atoms with van der Waals surface area (Å²) < 4.78 is 22.3. The fourth-order valence-corrected chi connectivity index (χ4v) is 7.46. The second kappa shape index (κ2) is 23.2. The molecule has 0 aliphatic rings. The molecule has 0 aliphatic carbocycles. The summed E-state index contributed by atoms with van der Waals surface area (Å²) in [5.41, 5.74) is 0. The van der Waals surface area contributed by atoms with Crippen LogP contribution in [0.25, 0.3) is 0 Å². The van der Waals surface area contributed by atoms with E-state index in [1.54, 1.807) is 0 Å². The van der Waals surface area contributed by atoms with Crippen LogP contribution in [-0.2, 0) is 18.9 Å². The lowest BCUT2D eigenvalue weighted by Crippen LogP contribution is -2.11. The van der Waals surface area contributed by atoms with Crippen LogP contribution < -0.4 is 0 Å². The first-order chi connectivity index (χ1) is 11.8. The highest BCUT2D eigenvalue weighted by Crippen LogP contribution is 2.42. The van der Waals surface area contributed by atoms with Gasteiger partial charge < -0.3 is 18.9 Å². The van der Waals surface area contributed by atoms with Crippen LogP contribution >= 0.6 is 25.7 Å². The van der Waals surface area contributed by atoms with Gasteiger partial charge in [0, 0.05) is 26.4 Å². The van der Waals surface area contributed by atoms with Crippen molar-refractivity contribution in [3.63, 3.8) is 0 Å². The predicted molar refractivity (Wildman–Crippen MR) is 120 cm³/mol. The number of hydrogen-bond acceptors (Lipinski definition) is 4. The van der Waals surface area contributed by atoms with Gasteiger partial charge in [0.1, 0.15) is 0 Å². The molecular formula is C18H43O4P3. The van der Waals surface area contributed by atoms with Crippen LogP contribution in [0.1, 0.15) is 27.7 Å². The molecule has 0 radical (unpaired) electrons. The monoisotopic (exact) mass is 416 g/mol. The maximum atomic E-state index is 5.58. The van der Waals surface area contributed by atoms with Gasteiger partial charge in [-0.15, -0.1) is 15.8 Å². The third-order valence-corrected chi connectivity index (χ3v) is 9.08. The Morgan fingerprint density at radius 3 is 0.880 bits per heavy atom. The Labute approximate surface area is 162 Å². The van der Waals surface area contributed by atoms with Crippen LogP contribution in [0.4, 0.5) is 0 Å². The molecule has 0 saturated carbocycles. The van der Waals surface area contributed by atoms with E-state index in [4.69, 9.17) is 18.9 Å². The van der Waals surface area contributed by atoms with E-state index < -0.39 is 0 Å². The summed E-state index contributed by atoms with van der Waals surface area (Å²) in [5, 5.41) is 0. The van der Waals surface area contributed by atoms with Gasteiger partial charge in [0.2, 0.25) is 0 Å². The van der Waals surface area contributed by atoms with Gasteiger partial charge in [-0.1, -0.05) is 0 Å². The Kier molecular flexibility index (Phi) is 26.3. The molecule has 0 heterocycles. The van der Waals surface area contributed by atoms with E-state index in [2.05, 4.69) is 27.7 Å². The Morgan fingerprint density at radius 2 is 0.680 bits per heavy atom. The molecule has 0 aromatic rings. The molecule has 0 spiro atoms. The van der Waals surface area contributed by atoms with Gasteiger partial charge in [0.15, 0.2) is 0 Å². The number of rotatable bonds is 19. The van der Waals surface area contributed by atoms with Gasteiger partial charge in [-0.25, -0.2) is 0 Å². The molecule has 0 aromatic carbocycles.